The quantitative estimate of drug-likeness (QED) is 0.938. The predicted octanol–water partition coefficient (Wildman–Crippen LogP) is 3.23. The van der Waals surface area contributed by atoms with Crippen molar-refractivity contribution in [3.8, 4) is 6.07 Å². The Bertz CT molecular complexity index is 869. The Labute approximate surface area is 136 Å². The molecule has 1 aliphatic carbocycles. The van der Waals surface area contributed by atoms with E-state index in [0.29, 0.717) is 17.0 Å². The first kappa shape index (κ1) is 15.7. The first-order chi connectivity index (χ1) is 11.0. The molecule has 0 saturated heterocycles. The van der Waals surface area contributed by atoms with Gasteiger partial charge in [-0.3, -0.25) is 0 Å². The van der Waals surface area contributed by atoms with Crippen LogP contribution in [0.5, 0.6) is 0 Å². The van der Waals surface area contributed by atoms with Crippen molar-refractivity contribution < 1.29 is 8.42 Å². The van der Waals surface area contributed by atoms with E-state index in [9.17, 15) is 8.42 Å². The van der Waals surface area contributed by atoms with Crippen LogP contribution < -0.4 is 4.72 Å². The smallest absolute Gasteiger partial charge is 0.212 e. The third-order valence-corrected chi connectivity index (χ3v) is 5.58. The van der Waals surface area contributed by atoms with E-state index in [1.807, 2.05) is 24.3 Å². The number of hydrogen-bond donors (Lipinski definition) is 1. The van der Waals surface area contributed by atoms with Crippen LogP contribution in [0.15, 0.2) is 48.5 Å². The molecule has 0 aliphatic heterocycles. The molecule has 5 heteroatoms. The summed E-state index contributed by atoms with van der Waals surface area (Å²) in [4.78, 5) is 0. The molecule has 0 fully saturated rings. The van der Waals surface area contributed by atoms with Crippen LogP contribution >= 0.6 is 0 Å². The third kappa shape index (κ3) is 3.44. The predicted molar refractivity (Wildman–Crippen MR) is 89.1 cm³/mol. The minimum atomic E-state index is -3.47. The van der Waals surface area contributed by atoms with Gasteiger partial charge in [-0.25, -0.2) is 13.1 Å². The van der Waals surface area contributed by atoms with Crippen molar-refractivity contribution in [2.45, 2.75) is 31.1 Å². The second-order valence-electron chi connectivity index (χ2n) is 6.01. The standard InChI is InChI=1S/C18H18N2O2S/c1-13-9-18(17-8-3-2-7-16(13)17)20-23(21,22)12-15-6-4-5-14(10-15)11-19/h2-8,10,13,18,20H,9,12H2,1H3/t13-,18+/m1/s1. The van der Waals surface area contributed by atoms with Crippen molar-refractivity contribution in [3.05, 3.63) is 70.8 Å². The van der Waals surface area contributed by atoms with Gasteiger partial charge in [-0.05, 0) is 41.2 Å². The summed E-state index contributed by atoms with van der Waals surface area (Å²) in [7, 11) is -3.47. The zero-order valence-corrected chi connectivity index (χ0v) is 13.7. The molecule has 1 N–H and O–H groups in total. The average Bonchev–Trinajstić information content (AvgIpc) is 2.83. The zero-order chi connectivity index (χ0) is 16.4. The van der Waals surface area contributed by atoms with Crippen LogP contribution in [0.4, 0.5) is 0 Å². The second-order valence-corrected chi connectivity index (χ2v) is 7.76. The van der Waals surface area contributed by atoms with Gasteiger partial charge in [0.1, 0.15) is 0 Å². The van der Waals surface area contributed by atoms with Crippen molar-refractivity contribution in [1.29, 1.82) is 5.26 Å². The van der Waals surface area contributed by atoms with Gasteiger partial charge < -0.3 is 0 Å². The maximum absolute atomic E-state index is 12.5. The Kier molecular flexibility index (Phi) is 4.20. The second kappa shape index (κ2) is 6.15. The molecule has 2 aromatic rings. The number of nitrogens with zero attached hydrogens (tertiary/aromatic N) is 1. The van der Waals surface area contributed by atoms with Crippen molar-refractivity contribution in [3.63, 3.8) is 0 Å². The topological polar surface area (TPSA) is 70.0 Å². The van der Waals surface area contributed by atoms with Gasteiger partial charge in [-0.15, -0.1) is 0 Å². The summed E-state index contributed by atoms with van der Waals surface area (Å²) in [6.45, 7) is 2.11. The fourth-order valence-electron chi connectivity index (χ4n) is 3.20. The molecule has 23 heavy (non-hydrogen) atoms. The van der Waals surface area contributed by atoms with Crippen molar-refractivity contribution in [1.82, 2.24) is 4.72 Å². The summed E-state index contributed by atoms with van der Waals surface area (Å²) >= 11 is 0. The summed E-state index contributed by atoms with van der Waals surface area (Å²) in [6.07, 6.45) is 0.775. The average molecular weight is 326 g/mol. The summed E-state index contributed by atoms with van der Waals surface area (Å²) in [5.74, 6) is 0.232. The molecule has 0 aromatic heterocycles. The molecule has 0 spiro atoms. The molecule has 0 amide bonds. The highest BCUT2D eigenvalue weighted by Crippen LogP contribution is 2.40. The van der Waals surface area contributed by atoms with Gasteiger partial charge in [0.05, 0.1) is 17.4 Å². The Hall–Kier alpha value is -2.16. The Morgan fingerprint density at radius 2 is 1.91 bits per heavy atom. The van der Waals surface area contributed by atoms with Crippen LogP contribution in [-0.4, -0.2) is 8.42 Å². The lowest BCUT2D eigenvalue weighted by Gasteiger charge is -2.14. The van der Waals surface area contributed by atoms with Crippen LogP contribution in [0.1, 0.15) is 47.6 Å². The summed E-state index contributed by atoms with van der Waals surface area (Å²) in [5, 5.41) is 8.91. The Morgan fingerprint density at radius 3 is 2.65 bits per heavy atom. The van der Waals surface area contributed by atoms with Crippen molar-refractivity contribution in [2.24, 2.45) is 0 Å². The van der Waals surface area contributed by atoms with Crippen molar-refractivity contribution >= 4 is 10.0 Å². The largest absolute Gasteiger partial charge is 0.216 e. The molecule has 0 unspecified atom stereocenters. The first-order valence-corrected chi connectivity index (χ1v) is 9.21. The minimum absolute atomic E-state index is 0.116. The molecule has 1 aliphatic rings. The normalized spacial score (nSPS) is 20.0. The molecule has 0 radical (unpaired) electrons. The molecule has 0 bridgehead atoms. The van der Waals surface area contributed by atoms with Gasteiger partial charge >= 0.3 is 0 Å². The van der Waals surface area contributed by atoms with Gasteiger partial charge in [-0.1, -0.05) is 43.3 Å². The van der Waals surface area contributed by atoms with Gasteiger partial charge in [0.2, 0.25) is 10.0 Å². The molecular weight excluding hydrogens is 308 g/mol. The van der Waals surface area contributed by atoms with Gasteiger partial charge in [0, 0.05) is 6.04 Å². The molecule has 0 heterocycles. The van der Waals surface area contributed by atoms with E-state index in [4.69, 9.17) is 5.26 Å². The van der Waals surface area contributed by atoms with E-state index in [-0.39, 0.29) is 11.8 Å². The number of rotatable bonds is 4. The van der Waals surface area contributed by atoms with E-state index in [2.05, 4.69) is 17.7 Å². The van der Waals surface area contributed by atoms with E-state index in [1.165, 1.54) is 5.56 Å². The van der Waals surface area contributed by atoms with Gasteiger partial charge in [0.15, 0.2) is 0 Å². The molecule has 0 saturated carbocycles. The maximum atomic E-state index is 12.5. The van der Waals surface area contributed by atoms with Gasteiger partial charge in [-0.2, -0.15) is 5.26 Å². The summed E-state index contributed by atoms with van der Waals surface area (Å²) in [6, 6.07) is 16.5. The van der Waals surface area contributed by atoms with E-state index < -0.39 is 10.0 Å². The van der Waals surface area contributed by atoms with Crippen LogP contribution in [0, 0.1) is 11.3 Å². The monoisotopic (exact) mass is 326 g/mol. The SMILES string of the molecule is C[C@@H]1C[C@H](NS(=O)(=O)Cc2cccc(C#N)c2)c2ccccc21. The minimum Gasteiger partial charge on any atom is -0.212 e. The van der Waals surface area contributed by atoms with E-state index >= 15 is 0 Å². The van der Waals surface area contributed by atoms with Crippen LogP contribution in [0.2, 0.25) is 0 Å². The molecule has 2 aromatic carbocycles. The molecule has 118 valence electrons. The lowest BCUT2D eigenvalue weighted by atomic mass is 10.0. The summed E-state index contributed by atoms with van der Waals surface area (Å²) < 4.78 is 27.8. The number of fused-ring (bicyclic) bond motifs is 1. The van der Waals surface area contributed by atoms with Gasteiger partial charge in [0.25, 0.3) is 0 Å². The maximum Gasteiger partial charge on any atom is 0.216 e. The highest BCUT2D eigenvalue weighted by atomic mass is 32.2. The molecule has 4 nitrogen and oxygen atoms in total. The zero-order valence-electron chi connectivity index (χ0n) is 12.9. The fourth-order valence-corrected chi connectivity index (χ4v) is 4.56. The third-order valence-electron chi connectivity index (χ3n) is 4.23. The first-order valence-electron chi connectivity index (χ1n) is 7.56. The van der Waals surface area contributed by atoms with E-state index in [0.717, 1.165) is 12.0 Å². The Balaban J connectivity index is 1.79. The lowest BCUT2D eigenvalue weighted by Crippen LogP contribution is -2.28. The number of benzene rings is 2. The summed E-state index contributed by atoms with van der Waals surface area (Å²) in [5.41, 5.74) is 3.37. The number of sulfonamides is 1. The van der Waals surface area contributed by atoms with E-state index in [1.54, 1.807) is 24.3 Å². The highest BCUT2D eigenvalue weighted by Gasteiger charge is 2.30. The van der Waals surface area contributed by atoms with Crippen LogP contribution in [-0.2, 0) is 15.8 Å². The lowest BCUT2D eigenvalue weighted by molar-refractivity contribution is 0.541. The molecular formula is C18H18N2O2S. The van der Waals surface area contributed by atoms with Crippen LogP contribution in [0.3, 0.4) is 0 Å². The van der Waals surface area contributed by atoms with Crippen LogP contribution in [0.25, 0.3) is 0 Å². The highest BCUT2D eigenvalue weighted by molar-refractivity contribution is 7.88. The fraction of sp³-hybridized carbons (Fsp3) is 0.278. The molecule has 3 rings (SSSR count). The molecule has 2 atom stereocenters. The number of nitrogens with one attached hydrogen (secondary N) is 1. The number of hydrogen-bond acceptors (Lipinski definition) is 3. The Morgan fingerprint density at radius 1 is 1.17 bits per heavy atom. The van der Waals surface area contributed by atoms with Crippen molar-refractivity contribution in [2.75, 3.05) is 0 Å². The number of nitriles is 1.